The van der Waals surface area contributed by atoms with Gasteiger partial charge in [0.15, 0.2) is 0 Å². The van der Waals surface area contributed by atoms with Gasteiger partial charge in [-0.3, -0.25) is 9.59 Å². The molecule has 0 unspecified atom stereocenters. The fourth-order valence-electron chi connectivity index (χ4n) is 10.2. The van der Waals surface area contributed by atoms with Gasteiger partial charge >= 0.3 is 0 Å². The fourth-order valence-corrected chi connectivity index (χ4v) is 10.2. The molecule has 0 saturated heterocycles. The summed E-state index contributed by atoms with van der Waals surface area (Å²) in [5.74, 6) is 0.354. The van der Waals surface area contributed by atoms with Gasteiger partial charge in [0.05, 0.1) is 38.1 Å². The van der Waals surface area contributed by atoms with Crippen LogP contribution in [0.25, 0.3) is 0 Å². The first-order valence-corrected chi connectivity index (χ1v) is 22.3. The van der Waals surface area contributed by atoms with Gasteiger partial charge in [-0.2, -0.15) is 0 Å². The van der Waals surface area contributed by atoms with Crippen LogP contribution in [0, 0.1) is 23.7 Å². The van der Waals surface area contributed by atoms with Crippen molar-refractivity contribution < 1.29 is 48.7 Å². The molecule has 1 aliphatic heterocycles. The number of amides is 1. The van der Waals surface area contributed by atoms with E-state index in [1.807, 2.05) is 36.1 Å². The molecule has 2 aromatic rings. The summed E-state index contributed by atoms with van der Waals surface area (Å²) in [6, 6.07) is 12.2. The predicted molar refractivity (Wildman–Crippen MR) is 229 cm³/mol. The number of aliphatic hydroxyl groups is 3. The summed E-state index contributed by atoms with van der Waals surface area (Å²) < 4.78 is 26.7. The van der Waals surface area contributed by atoms with E-state index in [4.69, 9.17) is 28.9 Å². The molecule has 12 nitrogen and oxygen atoms in total. The van der Waals surface area contributed by atoms with E-state index in [9.17, 15) is 24.9 Å². The maximum Gasteiger partial charge on any atom is 0.239 e. The van der Waals surface area contributed by atoms with Gasteiger partial charge in [0.1, 0.15) is 36.2 Å². The Kier molecular flexibility index (Phi) is 17.2. The van der Waals surface area contributed by atoms with Gasteiger partial charge in [0.25, 0.3) is 0 Å². The molecule has 6 atom stereocenters. The molecule has 3 N–H and O–H groups in total. The van der Waals surface area contributed by atoms with E-state index in [2.05, 4.69) is 12.7 Å². The molecule has 1 heterocycles. The fraction of sp³-hybridized carbons (Fsp3) is 0.604. The highest BCUT2D eigenvalue weighted by Crippen LogP contribution is 2.62. The summed E-state index contributed by atoms with van der Waals surface area (Å²) in [7, 11) is 0. The standard InChI is InChI=1S/C48H66N2O10/c1-3-26-57-48-44(50(22-27-56-28-25-53)45(55)21-18-34-12-5-6-13-34)32-42(49-58-4-2)40-30-36(15-7-9-23-51)39(17-8-10-24-52)46(47(40)48)41-31-38(19-20-43(41)60-48)59-37-16-11-14-35(29-37)33-54/h3,11,14,16,19-20,29-31,33-34,36,39,44,46-47,51-53H,1,4-10,12-13,15,17-18,21-28,32H2,2H3/t36-,39+,44-,46+,47+,48+/m0/s1. The Hall–Kier alpha value is -4.07. The van der Waals surface area contributed by atoms with Crippen LogP contribution in [0.15, 0.2) is 71.9 Å². The average molecular weight is 831 g/mol. The number of aliphatic hydroxyl groups excluding tert-OH is 3. The van der Waals surface area contributed by atoms with Crippen molar-refractivity contribution in [3.63, 3.8) is 0 Å². The van der Waals surface area contributed by atoms with Crippen LogP contribution in [0.4, 0.5) is 0 Å². The van der Waals surface area contributed by atoms with Crippen LogP contribution < -0.4 is 9.47 Å². The van der Waals surface area contributed by atoms with Crippen molar-refractivity contribution in [2.45, 2.75) is 108 Å². The molecule has 12 heteroatoms. The molecule has 60 heavy (non-hydrogen) atoms. The number of nitrogens with zero attached hydrogens (tertiary/aromatic N) is 2. The molecule has 0 bridgehead atoms. The number of aldehydes is 1. The van der Waals surface area contributed by atoms with Gasteiger partial charge in [-0.05, 0) is 92.7 Å². The zero-order valence-electron chi connectivity index (χ0n) is 35.4. The Balaban J connectivity index is 1.54. The van der Waals surface area contributed by atoms with Gasteiger partial charge in [-0.25, -0.2) is 0 Å². The Bertz CT molecular complexity index is 1770. The van der Waals surface area contributed by atoms with Gasteiger partial charge < -0.3 is 44.0 Å². The van der Waals surface area contributed by atoms with Crippen molar-refractivity contribution in [1.82, 2.24) is 4.90 Å². The normalized spacial score (nSPS) is 25.2. The summed E-state index contributed by atoms with van der Waals surface area (Å²) in [4.78, 5) is 34.2. The van der Waals surface area contributed by atoms with Crippen molar-refractivity contribution in [3.8, 4) is 17.2 Å². The summed E-state index contributed by atoms with van der Waals surface area (Å²) in [6.07, 6.45) is 15.6. The van der Waals surface area contributed by atoms with Crippen molar-refractivity contribution in [2.24, 2.45) is 28.8 Å². The van der Waals surface area contributed by atoms with Gasteiger partial charge in [-0.1, -0.05) is 68.0 Å². The molecule has 0 radical (unpaired) electrons. The lowest BCUT2D eigenvalue weighted by Crippen LogP contribution is -2.70. The van der Waals surface area contributed by atoms with Crippen molar-refractivity contribution in [2.75, 3.05) is 52.8 Å². The van der Waals surface area contributed by atoms with Gasteiger partial charge in [-0.15, -0.1) is 6.58 Å². The van der Waals surface area contributed by atoms with Gasteiger partial charge in [0, 0.05) is 49.6 Å². The third-order valence-electron chi connectivity index (χ3n) is 12.8. The molecule has 2 aromatic carbocycles. The number of hydrogen-bond donors (Lipinski definition) is 3. The first kappa shape index (κ1) is 45.5. The van der Waals surface area contributed by atoms with E-state index in [0.717, 1.165) is 68.1 Å². The first-order valence-electron chi connectivity index (χ1n) is 22.3. The maximum atomic E-state index is 14.8. The number of rotatable bonds is 25. The van der Waals surface area contributed by atoms with Gasteiger partial charge in [0.2, 0.25) is 11.7 Å². The van der Waals surface area contributed by atoms with E-state index < -0.39 is 17.7 Å². The molecule has 2 fully saturated rings. The Labute approximate surface area is 355 Å². The first-order chi connectivity index (χ1) is 29.4. The summed E-state index contributed by atoms with van der Waals surface area (Å²) >= 11 is 0. The van der Waals surface area contributed by atoms with Crippen LogP contribution >= 0.6 is 0 Å². The number of unbranched alkanes of at least 4 members (excludes halogenated alkanes) is 2. The minimum Gasteiger partial charge on any atom is -0.459 e. The third kappa shape index (κ3) is 10.7. The van der Waals surface area contributed by atoms with Crippen LogP contribution in [-0.2, 0) is 19.1 Å². The minimum atomic E-state index is -1.38. The number of allylic oxidation sites excluding steroid dienone is 1. The number of fused-ring (bicyclic) bond motifs is 2. The number of benzene rings is 2. The zero-order valence-corrected chi connectivity index (χ0v) is 35.4. The number of oxime groups is 1. The lowest BCUT2D eigenvalue weighted by molar-refractivity contribution is -0.258. The summed E-state index contributed by atoms with van der Waals surface area (Å²) in [6.45, 7) is 7.17. The Morgan fingerprint density at radius 3 is 2.50 bits per heavy atom. The molecule has 328 valence electrons. The van der Waals surface area contributed by atoms with E-state index in [0.29, 0.717) is 61.0 Å². The zero-order chi connectivity index (χ0) is 42.3. The molecule has 0 spiro atoms. The van der Waals surface area contributed by atoms with Crippen LogP contribution in [0.3, 0.4) is 0 Å². The molecule has 1 amide bonds. The van der Waals surface area contributed by atoms with E-state index >= 15 is 0 Å². The topological polar surface area (TPSA) is 157 Å². The molecule has 3 aliphatic carbocycles. The highest BCUT2D eigenvalue weighted by molar-refractivity contribution is 6.03. The highest BCUT2D eigenvalue weighted by Gasteiger charge is 2.65. The van der Waals surface area contributed by atoms with Crippen LogP contribution in [0.2, 0.25) is 0 Å². The number of hydrogen-bond acceptors (Lipinski definition) is 11. The Morgan fingerprint density at radius 1 is 0.983 bits per heavy atom. The third-order valence-corrected chi connectivity index (χ3v) is 12.8. The smallest absolute Gasteiger partial charge is 0.239 e. The van der Waals surface area contributed by atoms with Crippen LogP contribution in [0.1, 0.15) is 112 Å². The SMILES string of the molecule is C=CCO[C@@]12Oc3ccc(Oc4cccc(C=O)c4)cc3[C@H]3[C@H](CCCCO)[C@@H](CCCCO)C=C(C(=NOCC)C[C@@H]1N(CCOCCO)C(=O)CCC1CCCC1)[C@H]32. The molecular formula is C48H66N2O10. The largest absolute Gasteiger partial charge is 0.459 e. The molecule has 4 aliphatic rings. The second-order valence-electron chi connectivity index (χ2n) is 16.6. The Morgan fingerprint density at radius 2 is 1.77 bits per heavy atom. The second-order valence-corrected chi connectivity index (χ2v) is 16.6. The molecule has 0 aromatic heterocycles. The molecule has 6 rings (SSSR count). The van der Waals surface area contributed by atoms with Crippen molar-refractivity contribution in [3.05, 3.63) is 77.9 Å². The molecular weight excluding hydrogens is 765 g/mol. The van der Waals surface area contributed by atoms with Crippen LogP contribution in [-0.4, -0.2) is 103 Å². The van der Waals surface area contributed by atoms with E-state index in [1.165, 1.54) is 12.8 Å². The van der Waals surface area contributed by atoms with Crippen LogP contribution in [0.5, 0.6) is 17.2 Å². The monoisotopic (exact) mass is 830 g/mol. The maximum absolute atomic E-state index is 14.8. The summed E-state index contributed by atoms with van der Waals surface area (Å²) in [5, 5.41) is 34.2. The highest BCUT2D eigenvalue weighted by atomic mass is 16.7. The lowest BCUT2D eigenvalue weighted by atomic mass is 9.55. The van der Waals surface area contributed by atoms with Crippen molar-refractivity contribution >= 4 is 17.9 Å². The predicted octanol–water partition coefficient (Wildman–Crippen LogP) is 7.75. The number of carbonyl (C=O) groups excluding carboxylic acids is 2. The van der Waals surface area contributed by atoms with E-state index in [1.54, 1.807) is 24.3 Å². The second kappa shape index (κ2) is 22.7. The number of ether oxygens (including phenoxy) is 4. The summed E-state index contributed by atoms with van der Waals surface area (Å²) in [5.41, 5.74) is 3.15. The van der Waals surface area contributed by atoms with Crippen molar-refractivity contribution in [1.29, 1.82) is 0 Å². The average Bonchev–Trinajstić information content (AvgIpc) is 3.80. The minimum absolute atomic E-state index is 0.00583. The quantitative estimate of drug-likeness (QED) is 0.0391. The number of carbonyl (C=O) groups is 2. The molecule has 2 saturated carbocycles. The lowest BCUT2D eigenvalue weighted by Gasteiger charge is -2.60. The van der Waals surface area contributed by atoms with E-state index in [-0.39, 0.29) is 69.8 Å².